The summed E-state index contributed by atoms with van der Waals surface area (Å²) in [6, 6.07) is 1.98. The van der Waals surface area contributed by atoms with Crippen LogP contribution in [0.1, 0.15) is 56.8 Å². The number of hydrogen-bond acceptors (Lipinski definition) is 3. The van der Waals surface area contributed by atoms with Gasteiger partial charge in [0.15, 0.2) is 8.32 Å². The van der Waals surface area contributed by atoms with Gasteiger partial charge in [-0.3, -0.25) is 0 Å². The third kappa shape index (κ3) is 3.34. The van der Waals surface area contributed by atoms with Crippen molar-refractivity contribution in [3.05, 3.63) is 28.5 Å². The summed E-state index contributed by atoms with van der Waals surface area (Å²) in [5, 5.41) is 10.3. The van der Waals surface area contributed by atoms with Gasteiger partial charge in [-0.05, 0) is 42.6 Å². The lowest BCUT2D eigenvalue weighted by molar-refractivity contribution is 0.145. The van der Waals surface area contributed by atoms with E-state index in [4.69, 9.17) is 16.0 Å². The molecule has 2 atom stereocenters. The van der Waals surface area contributed by atoms with Gasteiger partial charge in [-0.2, -0.15) is 0 Å². The topological polar surface area (TPSA) is 42.4 Å². The van der Waals surface area contributed by atoms with Crippen molar-refractivity contribution >= 4 is 19.9 Å². The zero-order valence-corrected chi connectivity index (χ0v) is 15.4. The molecule has 0 saturated carbocycles. The van der Waals surface area contributed by atoms with E-state index in [2.05, 4.69) is 38.8 Å². The van der Waals surface area contributed by atoms with Crippen LogP contribution < -0.4 is 0 Å². The maximum Gasteiger partial charge on any atom is 0.192 e. The van der Waals surface area contributed by atoms with Gasteiger partial charge in [-0.1, -0.05) is 32.4 Å². The van der Waals surface area contributed by atoms with Crippen molar-refractivity contribution in [2.24, 2.45) is 0 Å². The second-order valence-electron chi connectivity index (χ2n) is 7.43. The number of aliphatic hydroxyl groups is 1. The molecule has 21 heavy (non-hydrogen) atoms. The third-order valence-electron chi connectivity index (χ3n) is 4.98. The predicted molar refractivity (Wildman–Crippen MR) is 89.3 cm³/mol. The van der Waals surface area contributed by atoms with Gasteiger partial charge in [-0.15, -0.1) is 0 Å². The summed E-state index contributed by atoms with van der Waals surface area (Å²) in [4.78, 5) is 4.22. The van der Waals surface area contributed by atoms with Crippen LogP contribution in [0, 0.1) is 0 Å². The molecule has 5 heteroatoms. The van der Waals surface area contributed by atoms with Gasteiger partial charge >= 0.3 is 0 Å². The lowest BCUT2D eigenvalue weighted by atomic mass is 9.83. The van der Waals surface area contributed by atoms with Gasteiger partial charge < -0.3 is 9.53 Å². The number of fused-ring (bicyclic) bond motifs is 1. The Kier molecular flexibility index (Phi) is 4.83. The summed E-state index contributed by atoms with van der Waals surface area (Å²) in [5.41, 5.74) is 2.10. The van der Waals surface area contributed by atoms with Gasteiger partial charge in [0.2, 0.25) is 0 Å². The SMILES string of the molecule is CC(C)(C)[Si](C)(C)O[C@H]1CC[C@@H](CO)c2ccnc(Cl)c21. The highest BCUT2D eigenvalue weighted by Crippen LogP contribution is 2.46. The minimum absolute atomic E-state index is 0.00453. The Morgan fingerprint density at radius 3 is 2.62 bits per heavy atom. The number of aromatic nitrogens is 1. The normalized spacial score (nSPS) is 23.0. The molecule has 2 rings (SSSR count). The molecule has 1 aromatic rings. The Bertz CT molecular complexity index is 513. The highest BCUT2D eigenvalue weighted by Gasteiger charge is 2.41. The molecule has 0 fully saturated rings. The van der Waals surface area contributed by atoms with Gasteiger partial charge in [0, 0.05) is 24.3 Å². The van der Waals surface area contributed by atoms with Crippen LogP contribution in [0.2, 0.25) is 23.3 Å². The minimum atomic E-state index is -1.86. The molecular weight excluding hydrogens is 302 g/mol. The van der Waals surface area contributed by atoms with E-state index in [1.807, 2.05) is 6.07 Å². The van der Waals surface area contributed by atoms with E-state index < -0.39 is 8.32 Å². The molecule has 0 radical (unpaired) electrons. The number of halogens is 1. The summed E-state index contributed by atoms with van der Waals surface area (Å²) >= 11 is 6.34. The molecule has 0 aromatic carbocycles. The smallest absolute Gasteiger partial charge is 0.192 e. The minimum Gasteiger partial charge on any atom is -0.410 e. The van der Waals surface area contributed by atoms with Crippen LogP contribution in [0.3, 0.4) is 0 Å². The third-order valence-corrected chi connectivity index (χ3v) is 9.77. The molecule has 0 aliphatic heterocycles. The lowest BCUT2D eigenvalue weighted by Crippen LogP contribution is -2.42. The van der Waals surface area contributed by atoms with Crippen molar-refractivity contribution in [1.82, 2.24) is 4.98 Å². The van der Waals surface area contributed by atoms with Crippen LogP contribution in [-0.4, -0.2) is 25.0 Å². The first-order valence-corrected chi connectivity index (χ1v) is 10.9. The Morgan fingerprint density at radius 2 is 2.05 bits per heavy atom. The standard InChI is InChI=1S/C16H26ClNO2Si/c1-16(2,3)21(4,5)20-13-7-6-11(10-19)12-8-9-18-15(17)14(12)13/h8-9,11,13,19H,6-7,10H2,1-5H3/t11-,13-/m0/s1. The quantitative estimate of drug-likeness (QED) is 0.648. The fourth-order valence-electron chi connectivity index (χ4n) is 2.63. The van der Waals surface area contributed by atoms with Crippen molar-refractivity contribution < 1.29 is 9.53 Å². The monoisotopic (exact) mass is 327 g/mol. The van der Waals surface area contributed by atoms with Gasteiger partial charge in [0.05, 0.1) is 6.10 Å². The maximum atomic E-state index is 9.58. The predicted octanol–water partition coefficient (Wildman–Crippen LogP) is 4.67. The van der Waals surface area contributed by atoms with Crippen LogP contribution in [0.4, 0.5) is 0 Å². The summed E-state index contributed by atoms with van der Waals surface area (Å²) in [5.74, 6) is 0.153. The molecule has 0 unspecified atom stereocenters. The molecule has 1 aromatic heterocycles. The van der Waals surface area contributed by atoms with E-state index in [0.717, 1.165) is 24.0 Å². The molecule has 1 aliphatic rings. The van der Waals surface area contributed by atoms with Crippen molar-refractivity contribution in [2.75, 3.05) is 6.61 Å². The van der Waals surface area contributed by atoms with E-state index in [0.29, 0.717) is 5.15 Å². The van der Waals surface area contributed by atoms with Crippen molar-refractivity contribution in [1.29, 1.82) is 0 Å². The largest absolute Gasteiger partial charge is 0.410 e. The molecule has 1 aliphatic carbocycles. The first kappa shape index (κ1) is 16.9. The number of hydrogen-bond donors (Lipinski definition) is 1. The first-order valence-electron chi connectivity index (χ1n) is 7.60. The molecule has 0 bridgehead atoms. The average Bonchev–Trinajstić information content (AvgIpc) is 2.37. The zero-order valence-electron chi connectivity index (χ0n) is 13.6. The van der Waals surface area contributed by atoms with E-state index in [9.17, 15) is 5.11 Å². The summed E-state index contributed by atoms with van der Waals surface area (Å²) < 4.78 is 6.58. The fraction of sp³-hybridized carbons (Fsp3) is 0.688. The number of aliphatic hydroxyl groups excluding tert-OH is 1. The van der Waals surface area contributed by atoms with Crippen molar-refractivity contribution in [3.8, 4) is 0 Å². The summed E-state index contributed by atoms with van der Waals surface area (Å²) in [7, 11) is -1.86. The maximum absolute atomic E-state index is 9.58. The molecular formula is C16H26ClNO2Si. The lowest BCUT2D eigenvalue weighted by Gasteiger charge is -2.42. The Labute approximate surface area is 133 Å². The molecule has 0 saturated heterocycles. The fourth-order valence-corrected chi connectivity index (χ4v) is 4.22. The van der Waals surface area contributed by atoms with E-state index >= 15 is 0 Å². The van der Waals surface area contributed by atoms with Gasteiger partial charge in [-0.25, -0.2) is 4.98 Å². The van der Waals surface area contributed by atoms with Crippen molar-refractivity contribution in [3.63, 3.8) is 0 Å². The van der Waals surface area contributed by atoms with E-state index in [-0.39, 0.29) is 23.7 Å². The Hall–Kier alpha value is -0.423. The second-order valence-corrected chi connectivity index (χ2v) is 12.5. The number of nitrogens with zero attached hydrogens (tertiary/aromatic N) is 1. The number of pyridine rings is 1. The van der Waals surface area contributed by atoms with E-state index in [1.165, 1.54) is 0 Å². The molecule has 0 spiro atoms. The Balaban J connectivity index is 2.36. The molecule has 118 valence electrons. The average molecular weight is 328 g/mol. The van der Waals surface area contributed by atoms with Crippen LogP contribution in [0.5, 0.6) is 0 Å². The first-order chi connectivity index (χ1) is 9.67. The molecule has 1 N–H and O–H groups in total. The van der Waals surface area contributed by atoms with Crippen LogP contribution >= 0.6 is 11.6 Å². The molecule has 3 nitrogen and oxygen atoms in total. The Morgan fingerprint density at radius 1 is 1.38 bits per heavy atom. The second kappa shape index (κ2) is 5.99. The highest BCUT2D eigenvalue weighted by atomic mass is 35.5. The highest BCUT2D eigenvalue weighted by molar-refractivity contribution is 6.74. The molecule has 0 amide bonds. The molecule has 1 heterocycles. The van der Waals surface area contributed by atoms with Crippen LogP contribution in [-0.2, 0) is 4.43 Å². The zero-order chi connectivity index (χ0) is 15.8. The number of rotatable bonds is 3. The summed E-state index contributed by atoms with van der Waals surface area (Å²) in [6.45, 7) is 11.4. The van der Waals surface area contributed by atoms with Crippen LogP contribution in [0.25, 0.3) is 0 Å². The van der Waals surface area contributed by atoms with Crippen molar-refractivity contribution in [2.45, 2.75) is 63.8 Å². The summed E-state index contributed by atoms with van der Waals surface area (Å²) in [6.07, 6.45) is 3.56. The van der Waals surface area contributed by atoms with Gasteiger partial charge in [0.1, 0.15) is 5.15 Å². The van der Waals surface area contributed by atoms with Gasteiger partial charge in [0.25, 0.3) is 0 Å². The van der Waals surface area contributed by atoms with E-state index in [1.54, 1.807) is 6.20 Å². The van der Waals surface area contributed by atoms with Crippen LogP contribution in [0.15, 0.2) is 12.3 Å².